The van der Waals surface area contributed by atoms with Gasteiger partial charge in [0.1, 0.15) is 5.78 Å². The number of halogens is 1. The predicted molar refractivity (Wildman–Crippen MR) is 150 cm³/mol. The Morgan fingerprint density at radius 3 is 2.38 bits per heavy atom. The fraction of sp³-hybridized carbons (Fsp3) is 0.345. The van der Waals surface area contributed by atoms with Gasteiger partial charge in [-0.3, -0.25) is 9.59 Å². The van der Waals surface area contributed by atoms with E-state index in [0.717, 1.165) is 11.3 Å². The Morgan fingerprint density at radius 2 is 1.76 bits per heavy atom. The number of anilines is 1. The highest BCUT2D eigenvalue weighted by Gasteiger charge is 2.32. The predicted octanol–water partition coefficient (Wildman–Crippen LogP) is 6.12. The molecule has 1 amide bonds. The molecule has 6 nitrogen and oxygen atoms in total. The third-order valence-corrected chi connectivity index (χ3v) is 7.23. The molecule has 196 valence electrons. The van der Waals surface area contributed by atoms with E-state index in [2.05, 4.69) is 63.2 Å². The van der Waals surface area contributed by atoms with Crippen LogP contribution >= 0.6 is 23.4 Å². The third kappa shape index (κ3) is 7.57. The first-order valence-electron chi connectivity index (χ1n) is 12.0. The highest BCUT2D eigenvalue weighted by molar-refractivity contribution is 8.00. The summed E-state index contributed by atoms with van der Waals surface area (Å²) in [6.07, 6.45) is -1.85. The summed E-state index contributed by atoms with van der Waals surface area (Å²) in [6, 6.07) is 20.8. The van der Waals surface area contributed by atoms with Crippen molar-refractivity contribution in [3.05, 3.63) is 76.8 Å². The first kappa shape index (κ1) is 28.7. The number of Topliss-reactive ketones (excluding diaryl/α,β-unsaturated/α-hetero) is 1. The van der Waals surface area contributed by atoms with E-state index >= 15 is 0 Å². The Balaban J connectivity index is 0.000000364. The smallest absolute Gasteiger partial charge is 0.332 e. The maximum absolute atomic E-state index is 13.1. The molecule has 2 N–H and O–H groups in total. The van der Waals surface area contributed by atoms with Crippen LogP contribution in [0.2, 0.25) is 5.02 Å². The van der Waals surface area contributed by atoms with Gasteiger partial charge >= 0.3 is 5.97 Å². The maximum atomic E-state index is 13.1. The van der Waals surface area contributed by atoms with Crippen LogP contribution in [-0.4, -0.2) is 46.3 Å². The summed E-state index contributed by atoms with van der Waals surface area (Å²) in [5.74, 6) is -1.07. The third-order valence-electron chi connectivity index (χ3n) is 5.74. The summed E-state index contributed by atoms with van der Waals surface area (Å²) >= 11 is 8.10. The van der Waals surface area contributed by atoms with Crippen LogP contribution in [0.3, 0.4) is 0 Å². The van der Waals surface area contributed by atoms with Crippen molar-refractivity contribution in [3.8, 4) is 0 Å². The molecule has 0 spiro atoms. The van der Waals surface area contributed by atoms with Gasteiger partial charge in [-0.05, 0) is 52.4 Å². The van der Waals surface area contributed by atoms with Crippen molar-refractivity contribution < 1.29 is 24.6 Å². The molecule has 0 fully saturated rings. The zero-order valence-corrected chi connectivity index (χ0v) is 23.0. The molecule has 1 aliphatic rings. The average molecular weight is 542 g/mol. The number of ketones is 1. The van der Waals surface area contributed by atoms with E-state index in [9.17, 15) is 14.4 Å². The normalized spacial score (nSPS) is 16.3. The molecular formula is C29H32ClNO5S. The maximum Gasteiger partial charge on any atom is 0.332 e. The largest absolute Gasteiger partial charge is 0.479 e. The van der Waals surface area contributed by atoms with Crippen LogP contribution in [0.15, 0.2) is 60.7 Å². The molecule has 0 aliphatic carbocycles. The Kier molecular flexibility index (Phi) is 9.40. The zero-order chi connectivity index (χ0) is 27.3. The van der Waals surface area contributed by atoms with Crippen LogP contribution in [0.25, 0.3) is 10.8 Å². The number of benzene rings is 3. The number of aliphatic carboxylic acids is 1. The lowest BCUT2D eigenvalue weighted by Crippen LogP contribution is -2.38. The summed E-state index contributed by atoms with van der Waals surface area (Å²) in [4.78, 5) is 35.0. The number of thioether (sulfide) groups is 1. The molecule has 2 atom stereocenters. The number of rotatable bonds is 5. The summed E-state index contributed by atoms with van der Waals surface area (Å²) in [5.41, 5.74) is 3.34. The van der Waals surface area contributed by atoms with Gasteiger partial charge in [-0.1, -0.05) is 74.8 Å². The van der Waals surface area contributed by atoms with Gasteiger partial charge in [-0.15, -0.1) is 11.8 Å². The number of carbonyl (C=O) groups excluding carboxylic acids is 2. The van der Waals surface area contributed by atoms with Crippen LogP contribution in [0.4, 0.5) is 5.69 Å². The monoisotopic (exact) mass is 541 g/mol. The molecule has 3 aromatic rings. The van der Waals surface area contributed by atoms with E-state index in [4.69, 9.17) is 21.8 Å². The second-order valence-electron chi connectivity index (χ2n) is 10.3. The molecule has 8 heteroatoms. The second kappa shape index (κ2) is 12.1. The summed E-state index contributed by atoms with van der Waals surface area (Å²) in [6.45, 7) is 8.40. The van der Waals surface area contributed by atoms with Crippen molar-refractivity contribution in [2.45, 2.75) is 45.5 Å². The second-order valence-corrected chi connectivity index (χ2v) is 11.8. The number of carbonyl (C=O) groups is 3. The van der Waals surface area contributed by atoms with Crippen LogP contribution in [-0.2, 0) is 14.4 Å². The highest BCUT2D eigenvalue weighted by atomic mass is 35.5. The number of fused-ring (bicyclic) bond motifs is 2. The fourth-order valence-electron chi connectivity index (χ4n) is 4.18. The van der Waals surface area contributed by atoms with Crippen LogP contribution in [0, 0.1) is 5.41 Å². The van der Waals surface area contributed by atoms with Crippen molar-refractivity contribution >= 4 is 57.5 Å². The molecular weight excluding hydrogens is 510 g/mol. The quantitative estimate of drug-likeness (QED) is 0.404. The number of carboxylic acid groups (broad SMARTS) is 1. The molecule has 0 saturated heterocycles. The minimum absolute atomic E-state index is 0.0104. The molecule has 1 aliphatic heterocycles. The number of aliphatic hydroxyl groups is 1. The Morgan fingerprint density at radius 1 is 1.08 bits per heavy atom. The minimum Gasteiger partial charge on any atom is -0.479 e. The average Bonchev–Trinajstić information content (AvgIpc) is 2.94. The van der Waals surface area contributed by atoms with E-state index in [1.54, 1.807) is 11.8 Å². The highest BCUT2D eigenvalue weighted by Crippen LogP contribution is 2.46. The first-order chi connectivity index (χ1) is 17.4. The lowest BCUT2D eigenvalue weighted by Gasteiger charge is -2.30. The molecule has 0 bridgehead atoms. The molecule has 2 unspecified atom stereocenters. The van der Waals surface area contributed by atoms with Crippen LogP contribution < -0.4 is 4.90 Å². The minimum atomic E-state index is -1.54. The van der Waals surface area contributed by atoms with Gasteiger partial charge in [0.25, 0.3) is 0 Å². The summed E-state index contributed by atoms with van der Waals surface area (Å²) in [5, 5.41) is 19.7. The molecule has 37 heavy (non-hydrogen) atoms. The van der Waals surface area contributed by atoms with Gasteiger partial charge in [0, 0.05) is 23.7 Å². The number of nitrogens with zero attached hydrogens (tertiary/aromatic N) is 1. The molecule has 0 radical (unpaired) electrons. The lowest BCUT2D eigenvalue weighted by molar-refractivity contribution is -0.148. The van der Waals surface area contributed by atoms with Crippen molar-refractivity contribution in [1.29, 1.82) is 0 Å². The van der Waals surface area contributed by atoms with E-state index in [-0.39, 0.29) is 28.8 Å². The molecule has 3 aromatic carbocycles. The van der Waals surface area contributed by atoms with E-state index < -0.39 is 12.1 Å². The topological polar surface area (TPSA) is 94.9 Å². The molecule has 1 heterocycles. The number of carboxylic acids is 1. The summed E-state index contributed by atoms with van der Waals surface area (Å²) in [7, 11) is 0. The first-order valence-corrected chi connectivity index (χ1v) is 13.4. The Labute approximate surface area is 226 Å². The van der Waals surface area contributed by atoms with Crippen molar-refractivity contribution in [3.63, 3.8) is 0 Å². The number of hydrogen-bond acceptors (Lipinski definition) is 5. The van der Waals surface area contributed by atoms with Crippen molar-refractivity contribution in [1.82, 2.24) is 0 Å². The zero-order valence-electron chi connectivity index (χ0n) is 21.4. The Hall–Kier alpha value is -2.87. The van der Waals surface area contributed by atoms with Gasteiger partial charge in [0.05, 0.1) is 11.0 Å². The fourth-order valence-corrected chi connectivity index (χ4v) is 5.58. The van der Waals surface area contributed by atoms with E-state index in [1.165, 1.54) is 23.3 Å². The van der Waals surface area contributed by atoms with Gasteiger partial charge in [-0.2, -0.15) is 0 Å². The standard InChI is InChI=1S/C24H24ClNOS.C5H8O4/c1-24(2,3)15-26-21-12-11-17(25)13-20(21)23(28-14-22(26)27)19-10-6-8-16-7-4-5-9-18(16)19;1-3(6)2-4(7)5(8)9/h4-13,23H,14-15H2,1-3H3;4,7H,2H2,1H3,(H,8,9). The SMILES string of the molecule is CC(=O)CC(O)C(=O)O.CC(C)(C)CN1C(=O)CSC(c2cccc3ccccc23)c2cc(Cl)ccc21. The molecule has 0 aromatic heterocycles. The molecule has 4 rings (SSSR count). The molecule has 0 saturated carbocycles. The number of aliphatic hydroxyl groups excluding tert-OH is 1. The van der Waals surface area contributed by atoms with Crippen molar-refractivity contribution in [2.75, 3.05) is 17.2 Å². The van der Waals surface area contributed by atoms with Gasteiger partial charge in [0.15, 0.2) is 6.10 Å². The lowest BCUT2D eigenvalue weighted by atomic mass is 9.93. The summed E-state index contributed by atoms with van der Waals surface area (Å²) < 4.78 is 0. The Bertz CT molecular complexity index is 1300. The van der Waals surface area contributed by atoms with Crippen molar-refractivity contribution in [2.24, 2.45) is 5.41 Å². The van der Waals surface area contributed by atoms with Crippen LogP contribution in [0.1, 0.15) is 50.5 Å². The van der Waals surface area contributed by atoms with Crippen LogP contribution in [0.5, 0.6) is 0 Å². The van der Waals surface area contributed by atoms with Gasteiger partial charge in [-0.25, -0.2) is 4.79 Å². The number of hydrogen-bond donors (Lipinski definition) is 2. The van der Waals surface area contributed by atoms with E-state index in [1.807, 2.05) is 23.1 Å². The van der Waals surface area contributed by atoms with Gasteiger partial charge in [0.2, 0.25) is 5.91 Å². The van der Waals surface area contributed by atoms with Gasteiger partial charge < -0.3 is 15.1 Å². The van der Waals surface area contributed by atoms with E-state index in [0.29, 0.717) is 17.3 Å². The number of amides is 1.